The molecule has 1 amide bonds. The zero-order valence-corrected chi connectivity index (χ0v) is 14.1. The Labute approximate surface area is 147 Å². The fraction of sp³-hybridized carbons (Fsp3) is 0.158. The molecule has 1 N–H and O–H groups in total. The second-order valence-corrected chi connectivity index (χ2v) is 5.76. The van der Waals surface area contributed by atoms with E-state index in [1.54, 1.807) is 19.1 Å². The molecule has 0 aliphatic rings. The van der Waals surface area contributed by atoms with Crippen LogP contribution >= 0.6 is 0 Å². The van der Waals surface area contributed by atoms with Crippen molar-refractivity contribution in [3.05, 3.63) is 69.6 Å². The zero-order valence-electron chi connectivity index (χ0n) is 14.1. The normalized spacial score (nSPS) is 10.8. The van der Waals surface area contributed by atoms with Crippen molar-refractivity contribution in [3.63, 3.8) is 0 Å². The second-order valence-electron chi connectivity index (χ2n) is 5.76. The van der Waals surface area contributed by atoms with Crippen molar-refractivity contribution in [2.45, 2.75) is 13.8 Å². The van der Waals surface area contributed by atoms with Gasteiger partial charge in [-0.25, -0.2) is 13.6 Å². The molecule has 134 valence electrons. The van der Waals surface area contributed by atoms with Crippen molar-refractivity contribution in [2.24, 2.45) is 0 Å². The smallest absolute Gasteiger partial charge is 0.339 e. The van der Waals surface area contributed by atoms with E-state index in [1.165, 1.54) is 6.07 Å². The van der Waals surface area contributed by atoms with Crippen LogP contribution in [0.2, 0.25) is 0 Å². The number of hydrogen-bond donors (Lipinski definition) is 1. The fourth-order valence-corrected chi connectivity index (χ4v) is 2.44. The molecule has 1 heterocycles. The number of carbonyl (C=O) groups excluding carboxylic acids is 1. The second kappa shape index (κ2) is 6.95. The number of hydrogen-bond acceptors (Lipinski definition) is 4. The van der Waals surface area contributed by atoms with Gasteiger partial charge in [-0.3, -0.25) is 4.79 Å². The van der Waals surface area contributed by atoms with Crippen molar-refractivity contribution < 1.29 is 22.7 Å². The van der Waals surface area contributed by atoms with Crippen molar-refractivity contribution in [3.8, 4) is 5.75 Å². The number of ether oxygens (including phenoxy) is 1. The van der Waals surface area contributed by atoms with E-state index in [1.807, 2.05) is 6.92 Å². The van der Waals surface area contributed by atoms with Gasteiger partial charge in [0.05, 0.1) is 5.69 Å². The summed E-state index contributed by atoms with van der Waals surface area (Å²) in [6.07, 6.45) is 0. The molecule has 0 bridgehead atoms. The third-order valence-electron chi connectivity index (χ3n) is 4.00. The lowest BCUT2D eigenvalue weighted by Crippen LogP contribution is -2.20. The first-order valence-electron chi connectivity index (χ1n) is 7.77. The number of amides is 1. The van der Waals surface area contributed by atoms with Gasteiger partial charge in [-0.15, -0.1) is 0 Å². The molecule has 26 heavy (non-hydrogen) atoms. The maximum Gasteiger partial charge on any atom is 0.339 e. The van der Waals surface area contributed by atoms with Gasteiger partial charge < -0.3 is 14.5 Å². The van der Waals surface area contributed by atoms with Crippen LogP contribution < -0.4 is 15.7 Å². The highest BCUT2D eigenvalue weighted by Gasteiger charge is 2.11. The van der Waals surface area contributed by atoms with Gasteiger partial charge in [0.1, 0.15) is 23.0 Å². The Hall–Kier alpha value is -3.22. The molecule has 0 radical (unpaired) electrons. The number of rotatable bonds is 4. The van der Waals surface area contributed by atoms with Gasteiger partial charge in [0.15, 0.2) is 6.61 Å². The van der Waals surface area contributed by atoms with Crippen LogP contribution in [0.5, 0.6) is 5.75 Å². The number of aryl methyl sites for hydroxylation is 1. The molecule has 0 atom stereocenters. The molecule has 0 saturated carbocycles. The van der Waals surface area contributed by atoms with Gasteiger partial charge in [-0.2, -0.15) is 0 Å². The van der Waals surface area contributed by atoms with E-state index in [-0.39, 0.29) is 5.69 Å². The van der Waals surface area contributed by atoms with Crippen molar-refractivity contribution in [2.75, 3.05) is 11.9 Å². The summed E-state index contributed by atoms with van der Waals surface area (Å²) in [5, 5.41) is 3.06. The molecule has 0 aliphatic heterocycles. The number of nitrogens with one attached hydrogen (secondary N) is 1. The van der Waals surface area contributed by atoms with Crippen LogP contribution in [0, 0.1) is 25.5 Å². The maximum atomic E-state index is 13.5. The first kappa shape index (κ1) is 17.6. The lowest BCUT2D eigenvalue weighted by Gasteiger charge is -2.09. The molecule has 3 rings (SSSR count). The summed E-state index contributed by atoms with van der Waals surface area (Å²) in [6.45, 7) is 3.11. The molecule has 0 spiro atoms. The molecule has 5 nitrogen and oxygen atoms in total. The van der Waals surface area contributed by atoms with Gasteiger partial charge in [-0.05, 0) is 43.7 Å². The first-order valence-corrected chi connectivity index (χ1v) is 7.77. The van der Waals surface area contributed by atoms with E-state index in [4.69, 9.17) is 9.15 Å². The average Bonchev–Trinajstić information content (AvgIpc) is 2.60. The minimum Gasteiger partial charge on any atom is -0.484 e. The molecule has 0 saturated heterocycles. The van der Waals surface area contributed by atoms with E-state index in [0.29, 0.717) is 23.0 Å². The first-order chi connectivity index (χ1) is 12.3. The Bertz CT molecular complexity index is 1060. The Kier molecular flexibility index (Phi) is 4.71. The lowest BCUT2D eigenvalue weighted by atomic mass is 10.1. The molecular weight excluding hydrogens is 344 g/mol. The quantitative estimate of drug-likeness (QED) is 0.721. The van der Waals surface area contributed by atoms with Crippen LogP contribution in [0.1, 0.15) is 11.1 Å². The zero-order chi connectivity index (χ0) is 18.8. The Balaban J connectivity index is 1.72. The molecular formula is C19H15F2NO4. The topological polar surface area (TPSA) is 68.5 Å². The van der Waals surface area contributed by atoms with Crippen LogP contribution in [-0.4, -0.2) is 12.5 Å². The number of anilines is 1. The summed E-state index contributed by atoms with van der Waals surface area (Å²) >= 11 is 0. The summed E-state index contributed by atoms with van der Waals surface area (Å²) in [7, 11) is 0. The number of fused-ring (bicyclic) bond motifs is 1. The molecule has 0 unspecified atom stereocenters. The average molecular weight is 359 g/mol. The van der Waals surface area contributed by atoms with Gasteiger partial charge in [0.2, 0.25) is 0 Å². The van der Waals surface area contributed by atoms with Crippen LogP contribution in [0.4, 0.5) is 14.5 Å². The summed E-state index contributed by atoms with van der Waals surface area (Å²) in [5.74, 6) is -1.91. The molecule has 0 fully saturated rings. The van der Waals surface area contributed by atoms with E-state index in [2.05, 4.69) is 5.32 Å². The van der Waals surface area contributed by atoms with E-state index in [0.717, 1.165) is 23.1 Å². The number of halogens is 2. The van der Waals surface area contributed by atoms with Gasteiger partial charge >= 0.3 is 5.63 Å². The monoisotopic (exact) mass is 359 g/mol. The van der Waals surface area contributed by atoms with Gasteiger partial charge in [-0.1, -0.05) is 0 Å². The van der Waals surface area contributed by atoms with E-state index >= 15 is 0 Å². The van der Waals surface area contributed by atoms with E-state index in [9.17, 15) is 18.4 Å². The highest BCUT2D eigenvalue weighted by Crippen LogP contribution is 2.24. The third kappa shape index (κ3) is 3.56. The van der Waals surface area contributed by atoms with Gasteiger partial charge in [0.25, 0.3) is 5.91 Å². The summed E-state index contributed by atoms with van der Waals surface area (Å²) in [6, 6.07) is 7.71. The standard InChI is InChI=1S/C19H15F2NO4/c1-10-11(2)19(24)26-17-8-13(4-5-14(10)17)25-9-18(23)22-16-6-3-12(20)7-15(16)21/h3-8H,9H2,1-2H3,(H,22,23). The fourth-order valence-electron chi connectivity index (χ4n) is 2.44. The minimum atomic E-state index is -0.878. The predicted octanol–water partition coefficient (Wildman–Crippen LogP) is 3.71. The van der Waals surface area contributed by atoms with E-state index < -0.39 is 29.8 Å². The maximum absolute atomic E-state index is 13.5. The lowest BCUT2D eigenvalue weighted by molar-refractivity contribution is -0.118. The summed E-state index contributed by atoms with van der Waals surface area (Å²) in [4.78, 5) is 23.6. The number of benzene rings is 2. The summed E-state index contributed by atoms with van der Waals surface area (Å²) < 4.78 is 36.9. The van der Waals surface area contributed by atoms with Crippen LogP contribution in [-0.2, 0) is 4.79 Å². The molecule has 0 aliphatic carbocycles. The Morgan fingerprint density at radius 2 is 1.88 bits per heavy atom. The van der Waals surface area contributed by atoms with Crippen molar-refractivity contribution >= 4 is 22.6 Å². The largest absolute Gasteiger partial charge is 0.484 e. The molecule has 1 aromatic heterocycles. The predicted molar refractivity (Wildman–Crippen MR) is 92.4 cm³/mol. The molecule has 2 aromatic carbocycles. The SMILES string of the molecule is Cc1c(C)c2ccc(OCC(=O)Nc3ccc(F)cc3F)cc2oc1=O. The van der Waals surface area contributed by atoms with Crippen molar-refractivity contribution in [1.82, 2.24) is 0 Å². The highest BCUT2D eigenvalue weighted by atomic mass is 19.1. The third-order valence-corrected chi connectivity index (χ3v) is 4.00. The van der Waals surface area contributed by atoms with Crippen molar-refractivity contribution in [1.29, 1.82) is 0 Å². The van der Waals surface area contributed by atoms with Crippen LogP contribution in [0.25, 0.3) is 11.0 Å². The minimum absolute atomic E-state index is 0.143. The molecule has 7 heteroatoms. The highest BCUT2D eigenvalue weighted by molar-refractivity contribution is 5.92. The Morgan fingerprint density at radius 1 is 1.12 bits per heavy atom. The Morgan fingerprint density at radius 3 is 2.62 bits per heavy atom. The van der Waals surface area contributed by atoms with Crippen LogP contribution in [0.3, 0.4) is 0 Å². The number of carbonyl (C=O) groups is 1. The summed E-state index contributed by atoms with van der Waals surface area (Å²) in [5.41, 5.74) is 1.12. The molecule has 3 aromatic rings. The van der Waals surface area contributed by atoms with Crippen LogP contribution in [0.15, 0.2) is 45.6 Å². The van der Waals surface area contributed by atoms with Gasteiger partial charge in [0, 0.05) is 23.1 Å².